The molecule has 6 aromatic carbocycles. The summed E-state index contributed by atoms with van der Waals surface area (Å²) in [6.45, 7) is 2.03. The highest BCUT2D eigenvalue weighted by Gasteiger charge is 2.33. The minimum atomic E-state index is -4.53. The molecule has 0 N–H and O–H groups in total. The van der Waals surface area contributed by atoms with Crippen molar-refractivity contribution in [2.45, 2.75) is 13.1 Å². The number of alkyl halides is 3. The predicted octanol–water partition coefficient (Wildman–Crippen LogP) is 11.0. The number of hydrogen-bond donors (Lipinski definition) is 0. The maximum Gasteiger partial charge on any atom is 0.417 e. The smallest absolute Gasteiger partial charge is 0.308 e. The molecule has 8 rings (SSSR count). The second-order valence-corrected chi connectivity index (χ2v) is 11.7. The molecule has 0 saturated heterocycles. The number of aromatic nitrogens is 4. The third-order valence-electron chi connectivity index (χ3n) is 8.55. The van der Waals surface area contributed by atoms with Gasteiger partial charge in [-0.1, -0.05) is 115 Å². The minimum absolute atomic E-state index is 0.0975. The molecular weight excluding hydrogens is 605 g/mol. The number of aryl methyl sites for hydroxylation is 1. The Kier molecular flexibility index (Phi) is 7.10. The van der Waals surface area contributed by atoms with Crippen LogP contribution in [-0.2, 0) is 6.18 Å². The van der Waals surface area contributed by atoms with Crippen LogP contribution in [0.5, 0.6) is 0 Å². The Labute approximate surface area is 274 Å². The van der Waals surface area contributed by atoms with Gasteiger partial charge in [0.25, 0.3) is 0 Å². The zero-order chi connectivity index (χ0) is 32.8. The minimum Gasteiger partial charge on any atom is -0.308 e. The molecule has 0 unspecified atom stereocenters. The number of halogens is 3. The summed E-state index contributed by atoms with van der Waals surface area (Å²) < 4.78 is 45.0. The van der Waals surface area contributed by atoms with Gasteiger partial charge in [-0.15, -0.1) is 0 Å². The zero-order valence-corrected chi connectivity index (χ0v) is 25.8. The molecule has 2 heterocycles. The van der Waals surface area contributed by atoms with Crippen molar-refractivity contribution in [3.05, 3.63) is 157 Å². The Bertz CT molecular complexity index is 2390. The number of nitrogens with zero attached hydrogens (tertiary/aromatic N) is 4. The molecule has 0 bridgehead atoms. The van der Waals surface area contributed by atoms with Crippen molar-refractivity contribution in [3.8, 4) is 51.0 Å². The lowest BCUT2D eigenvalue weighted by Gasteiger charge is -2.18. The van der Waals surface area contributed by atoms with E-state index in [9.17, 15) is 13.2 Å². The summed E-state index contributed by atoms with van der Waals surface area (Å²) in [6, 6.07) is 44.8. The van der Waals surface area contributed by atoms with Crippen LogP contribution >= 0.6 is 0 Å². The van der Waals surface area contributed by atoms with Crippen molar-refractivity contribution in [2.24, 2.45) is 0 Å². The first-order valence-corrected chi connectivity index (χ1v) is 15.5. The summed E-state index contributed by atoms with van der Waals surface area (Å²) in [5.74, 6) is 1.40. The molecule has 8 aromatic rings. The van der Waals surface area contributed by atoms with Gasteiger partial charge in [-0.3, -0.25) is 0 Å². The number of benzene rings is 6. The first-order valence-electron chi connectivity index (χ1n) is 15.5. The van der Waals surface area contributed by atoms with Crippen LogP contribution in [0.1, 0.15) is 11.1 Å². The van der Waals surface area contributed by atoms with Gasteiger partial charge in [-0.2, -0.15) is 13.2 Å². The monoisotopic (exact) mass is 632 g/mol. The molecule has 0 amide bonds. The van der Waals surface area contributed by atoms with E-state index in [0.29, 0.717) is 34.3 Å². The highest BCUT2D eigenvalue weighted by atomic mass is 19.4. The lowest BCUT2D eigenvalue weighted by molar-refractivity contribution is -0.137. The summed E-state index contributed by atoms with van der Waals surface area (Å²) in [4.78, 5) is 14.8. The van der Waals surface area contributed by atoms with E-state index in [-0.39, 0.29) is 5.56 Å². The highest BCUT2D eigenvalue weighted by molar-refractivity contribution is 6.10. The highest BCUT2D eigenvalue weighted by Crippen LogP contribution is 2.41. The van der Waals surface area contributed by atoms with Gasteiger partial charge in [0.2, 0.25) is 0 Å². The molecule has 48 heavy (non-hydrogen) atoms. The van der Waals surface area contributed by atoms with E-state index >= 15 is 0 Å². The Balaban J connectivity index is 1.47. The Morgan fingerprint density at radius 3 is 1.75 bits per heavy atom. The quantitative estimate of drug-likeness (QED) is 0.190. The maximum absolute atomic E-state index is 14.3. The molecule has 0 aliphatic carbocycles. The SMILES string of the molecule is Cc1ccc2c3ccccc3n(-c3cc(-c4ccccc4C(F)(F)F)ccc3-c3nc(-c4ccccc4)nc(-c4ccccc4)n3)c2c1. The zero-order valence-electron chi connectivity index (χ0n) is 25.8. The molecule has 232 valence electrons. The van der Waals surface area contributed by atoms with Gasteiger partial charge in [0.05, 0.1) is 22.3 Å². The van der Waals surface area contributed by atoms with E-state index in [4.69, 9.17) is 15.0 Å². The van der Waals surface area contributed by atoms with Crippen LogP contribution in [0.4, 0.5) is 13.2 Å². The van der Waals surface area contributed by atoms with Gasteiger partial charge in [-0.05, 0) is 53.9 Å². The van der Waals surface area contributed by atoms with Crippen LogP contribution < -0.4 is 0 Å². The van der Waals surface area contributed by atoms with Crippen molar-refractivity contribution in [1.29, 1.82) is 0 Å². The summed E-state index contributed by atoms with van der Waals surface area (Å²) >= 11 is 0. The number of para-hydroxylation sites is 1. The van der Waals surface area contributed by atoms with E-state index in [1.165, 1.54) is 12.1 Å². The summed E-state index contributed by atoms with van der Waals surface area (Å²) in [6.07, 6.45) is -4.53. The molecule has 0 saturated carbocycles. The van der Waals surface area contributed by atoms with Gasteiger partial charge < -0.3 is 4.57 Å². The Morgan fingerprint density at radius 2 is 1.06 bits per heavy atom. The van der Waals surface area contributed by atoms with E-state index < -0.39 is 11.7 Å². The predicted molar refractivity (Wildman–Crippen MR) is 186 cm³/mol. The van der Waals surface area contributed by atoms with Gasteiger partial charge in [0, 0.05) is 27.5 Å². The van der Waals surface area contributed by atoms with Crippen molar-refractivity contribution < 1.29 is 13.2 Å². The van der Waals surface area contributed by atoms with Gasteiger partial charge in [0.1, 0.15) is 0 Å². The summed E-state index contributed by atoms with van der Waals surface area (Å²) in [7, 11) is 0. The normalized spacial score (nSPS) is 11.8. The van der Waals surface area contributed by atoms with Crippen LogP contribution in [0, 0.1) is 6.92 Å². The van der Waals surface area contributed by atoms with Crippen molar-refractivity contribution in [3.63, 3.8) is 0 Å². The first kappa shape index (κ1) is 29.3. The van der Waals surface area contributed by atoms with Crippen molar-refractivity contribution in [1.82, 2.24) is 19.5 Å². The lowest BCUT2D eigenvalue weighted by atomic mass is 9.97. The van der Waals surface area contributed by atoms with Crippen LogP contribution in [0.3, 0.4) is 0 Å². The molecule has 0 radical (unpaired) electrons. The van der Waals surface area contributed by atoms with Crippen LogP contribution in [0.15, 0.2) is 146 Å². The first-order chi connectivity index (χ1) is 23.3. The average molecular weight is 633 g/mol. The Morgan fingerprint density at radius 1 is 0.479 bits per heavy atom. The van der Waals surface area contributed by atoms with E-state index in [1.54, 1.807) is 12.1 Å². The van der Waals surface area contributed by atoms with Gasteiger partial charge in [-0.25, -0.2) is 15.0 Å². The van der Waals surface area contributed by atoms with Crippen LogP contribution in [0.25, 0.3) is 72.8 Å². The molecule has 0 aliphatic heterocycles. The van der Waals surface area contributed by atoms with Gasteiger partial charge >= 0.3 is 6.18 Å². The molecular formula is C41H27F3N4. The standard InChI is InChI=1S/C41H27F3N4/c1-26-20-22-32-31-17-9-11-19-35(31)48(36(32)24-26)37-25-29(30-16-8-10-18-34(30)41(42,43)44)21-23-33(37)40-46-38(27-12-4-2-5-13-27)45-39(47-40)28-14-6-3-7-15-28/h2-25H,1H3. The summed E-state index contributed by atoms with van der Waals surface area (Å²) in [5, 5.41) is 2.07. The fraction of sp³-hybridized carbons (Fsp3) is 0.0488. The second kappa shape index (κ2) is 11.6. The summed E-state index contributed by atoms with van der Waals surface area (Å²) in [5.41, 5.74) is 5.70. The van der Waals surface area contributed by atoms with E-state index in [1.807, 2.05) is 97.9 Å². The topological polar surface area (TPSA) is 43.6 Å². The molecule has 2 aromatic heterocycles. The fourth-order valence-electron chi connectivity index (χ4n) is 6.32. The molecule has 0 aliphatic rings. The average Bonchev–Trinajstić information content (AvgIpc) is 3.44. The number of rotatable bonds is 5. The van der Waals surface area contributed by atoms with Crippen molar-refractivity contribution in [2.75, 3.05) is 0 Å². The van der Waals surface area contributed by atoms with E-state index in [0.717, 1.165) is 44.6 Å². The van der Waals surface area contributed by atoms with Gasteiger partial charge in [0.15, 0.2) is 17.5 Å². The molecule has 0 atom stereocenters. The van der Waals surface area contributed by atoms with Crippen LogP contribution in [-0.4, -0.2) is 19.5 Å². The molecule has 0 spiro atoms. The third kappa shape index (κ3) is 5.19. The van der Waals surface area contributed by atoms with E-state index in [2.05, 4.69) is 28.8 Å². The number of hydrogen-bond acceptors (Lipinski definition) is 3. The largest absolute Gasteiger partial charge is 0.417 e. The molecule has 7 heteroatoms. The molecule has 4 nitrogen and oxygen atoms in total. The lowest BCUT2D eigenvalue weighted by Crippen LogP contribution is -2.07. The second-order valence-electron chi connectivity index (χ2n) is 11.7. The fourth-order valence-corrected chi connectivity index (χ4v) is 6.32. The maximum atomic E-state index is 14.3. The molecule has 0 fully saturated rings. The van der Waals surface area contributed by atoms with Crippen molar-refractivity contribution >= 4 is 21.8 Å². The Hall–Kier alpha value is -6.08. The van der Waals surface area contributed by atoms with Crippen LogP contribution in [0.2, 0.25) is 0 Å². The third-order valence-corrected chi connectivity index (χ3v) is 8.55. The number of fused-ring (bicyclic) bond motifs is 3.